The van der Waals surface area contributed by atoms with E-state index < -0.39 is 28.9 Å². The van der Waals surface area contributed by atoms with E-state index in [2.05, 4.69) is 21.7 Å². The average Bonchev–Trinajstić information content (AvgIpc) is 3.69. The summed E-state index contributed by atoms with van der Waals surface area (Å²) < 4.78 is 39.0. The van der Waals surface area contributed by atoms with Gasteiger partial charge in [0.25, 0.3) is 0 Å². The first-order valence-corrected chi connectivity index (χ1v) is 11.1. The molecule has 0 saturated heterocycles. The highest BCUT2D eigenvalue weighted by Crippen LogP contribution is 2.47. The van der Waals surface area contributed by atoms with E-state index in [4.69, 9.17) is 9.47 Å². The first-order valence-electron chi connectivity index (χ1n) is 11.1. The number of fused-ring (bicyclic) bond motifs is 1. The zero-order valence-corrected chi connectivity index (χ0v) is 19.1. The van der Waals surface area contributed by atoms with Crippen molar-refractivity contribution < 1.29 is 27.8 Å². The van der Waals surface area contributed by atoms with Gasteiger partial charge >= 0.3 is 0 Å². The van der Waals surface area contributed by atoms with Crippen LogP contribution in [0.4, 0.5) is 20.2 Å². The Hall–Kier alpha value is -4.53. The topological polar surface area (TPSA) is 89.6 Å². The Balaban J connectivity index is 1.29. The van der Waals surface area contributed by atoms with Crippen molar-refractivity contribution >= 4 is 34.1 Å². The highest BCUT2D eigenvalue weighted by atomic mass is 19.1. The number of nitrogens with zero attached hydrogens (tertiary/aromatic N) is 1. The Labute approximate surface area is 205 Å². The summed E-state index contributed by atoms with van der Waals surface area (Å²) in [6.07, 6.45) is 2.24. The molecular formula is C27H20F2N3O4. The summed E-state index contributed by atoms with van der Waals surface area (Å²) in [6, 6.07) is 17.1. The predicted molar refractivity (Wildman–Crippen MR) is 129 cm³/mol. The first kappa shape index (κ1) is 23.2. The highest BCUT2D eigenvalue weighted by Gasteiger charge is 2.56. The molecule has 1 aliphatic rings. The molecule has 1 saturated carbocycles. The summed E-state index contributed by atoms with van der Waals surface area (Å²) in [5.74, 6) is -1.37. The lowest BCUT2D eigenvalue weighted by Gasteiger charge is -2.16. The standard InChI is InChI=1S/C27H20F2N3O4/c1-35-19-7-8-22-20(15-19)23(10-13-30-22)36-24-9-6-18(14-21(24)29)32-26(34)27(11-12-27)25(33)31-17-4-2-16(28)3-5-17/h2-6,8-10,13-15H,11-12H2,1H3,(H,31,33)(H,32,34). The van der Waals surface area contributed by atoms with Gasteiger partial charge in [0.2, 0.25) is 11.8 Å². The van der Waals surface area contributed by atoms with Crippen LogP contribution in [0, 0.1) is 23.1 Å². The molecule has 0 spiro atoms. The number of halogens is 2. The van der Waals surface area contributed by atoms with Gasteiger partial charge in [-0.05, 0) is 67.4 Å². The van der Waals surface area contributed by atoms with Crippen molar-refractivity contribution in [3.05, 3.63) is 84.6 Å². The number of hydrogen-bond acceptors (Lipinski definition) is 5. The van der Waals surface area contributed by atoms with Gasteiger partial charge in [-0.25, -0.2) is 8.78 Å². The number of anilines is 2. The molecule has 9 heteroatoms. The average molecular weight is 488 g/mol. The number of carbonyl (C=O) groups excluding carboxylic acids is 2. The van der Waals surface area contributed by atoms with Crippen molar-refractivity contribution in [3.8, 4) is 17.2 Å². The zero-order valence-electron chi connectivity index (χ0n) is 19.1. The number of nitrogens with one attached hydrogen (secondary N) is 2. The van der Waals surface area contributed by atoms with Crippen LogP contribution in [0.15, 0.2) is 66.9 Å². The lowest BCUT2D eigenvalue weighted by molar-refractivity contribution is -0.131. The van der Waals surface area contributed by atoms with Crippen LogP contribution < -0.4 is 20.1 Å². The number of amides is 2. The van der Waals surface area contributed by atoms with E-state index in [1.54, 1.807) is 18.2 Å². The summed E-state index contributed by atoms with van der Waals surface area (Å²) >= 11 is 0. The lowest BCUT2D eigenvalue weighted by Crippen LogP contribution is -2.35. The Morgan fingerprint density at radius 3 is 2.31 bits per heavy atom. The van der Waals surface area contributed by atoms with E-state index >= 15 is 0 Å². The minimum Gasteiger partial charge on any atom is -0.496 e. The van der Waals surface area contributed by atoms with Crippen molar-refractivity contribution in [2.75, 3.05) is 17.7 Å². The quantitative estimate of drug-likeness (QED) is 0.337. The monoisotopic (exact) mass is 488 g/mol. The van der Waals surface area contributed by atoms with E-state index in [0.717, 1.165) is 6.07 Å². The molecule has 2 amide bonds. The van der Waals surface area contributed by atoms with Gasteiger partial charge in [-0.1, -0.05) is 0 Å². The molecule has 0 unspecified atom stereocenters. The minimum absolute atomic E-state index is 0.0533. The normalized spacial score (nSPS) is 13.6. The third-order valence-electron chi connectivity index (χ3n) is 5.96. The largest absolute Gasteiger partial charge is 0.496 e. The molecule has 1 fully saturated rings. The van der Waals surface area contributed by atoms with Gasteiger partial charge in [0.05, 0.1) is 12.6 Å². The van der Waals surface area contributed by atoms with Crippen LogP contribution >= 0.6 is 0 Å². The Bertz CT molecular complexity index is 1470. The van der Waals surface area contributed by atoms with Gasteiger partial charge in [-0.15, -0.1) is 0 Å². The van der Waals surface area contributed by atoms with E-state index in [1.807, 2.05) is 0 Å². The first-order chi connectivity index (χ1) is 17.4. The van der Waals surface area contributed by atoms with Crippen LogP contribution in [0.25, 0.3) is 10.9 Å². The second kappa shape index (κ2) is 9.26. The van der Waals surface area contributed by atoms with Crippen LogP contribution in [0.5, 0.6) is 17.2 Å². The molecule has 36 heavy (non-hydrogen) atoms. The number of carbonyl (C=O) groups is 2. The summed E-state index contributed by atoms with van der Waals surface area (Å²) in [5.41, 5.74) is -0.0912. The molecule has 2 N–H and O–H groups in total. The third-order valence-corrected chi connectivity index (χ3v) is 5.96. The van der Waals surface area contributed by atoms with E-state index in [-0.39, 0.29) is 11.4 Å². The SMILES string of the molecule is COc1[c]cc2nccc(Oc3ccc(NC(=O)C4(C(=O)Nc5ccc(F)cc5)CC4)cc3F)c2c1. The van der Waals surface area contributed by atoms with Gasteiger partial charge < -0.3 is 20.1 Å². The number of ether oxygens (including phenoxy) is 2. The molecule has 5 rings (SSSR count). The van der Waals surface area contributed by atoms with E-state index in [9.17, 15) is 18.4 Å². The number of rotatable bonds is 7. The van der Waals surface area contributed by atoms with Crippen molar-refractivity contribution in [3.63, 3.8) is 0 Å². The van der Waals surface area contributed by atoms with E-state index in [0.29, 0.717) is 40.9 Å². The minimum atomic E-state index is -1.26. The smallest absolute Gasteiger partial charge is 0.240 e. The second-order valence-corrected chi connectivity index (χ2v) is 8.35. The van der Waals surface area contributed by atoms with Gasteiger partial charge in [0.15, 0.2) is 11.6 Å². The van der Waals surface area contributed by atoms with Crippen molar-refractivity contribution in [2.24, 2.45) is 5.41 Å². The fourth-order valence-corrected chi connectivity index (χ4v) is 3.75. The van der Waals surface area contributed by atoms with Crippen LogP contribution in [0.2, 0.25) is 0 Å². The number of benzene rings is 3. The molecule has 1 radical (unpaired) electrons. The summed E-state index contributed by atoms with van der Waals surface area (Å²) in [4.78, 5) is 29.8. The summed E-state index contributed by atoms with van der Waals surface area (Å²) in [7, 11) is 1.51. The van der Waals surface area contributed by atoms with Crippen LogP contribution in [-0.4, -0.2) is 23.9 Å². The lowest BCUT2D eigenvalue weighted by atomic mass is 10.0. The molecule has 7 nitrogen and oxygen atoms in total. The van der Waals surface area contributed by atoms with Crippen LogP contribution in [0.1, 0.15) is 12.8 Å². The second-order valence-electron chi connectivity index (χ2n) is 8.35. The Morgan fingerprint density at radius 1 is 0.944 bits per heavy atom. The van der Waals surface area contributed by atoms with Crippen molar-refractivity contribution in [1.29, 1.82) is 0 Å². The molecule has 0 aliphatic heterocycles. The molecule has 4 aromatic rings. The van der Waals surface area contributed by atoms with E-state index in [1.165, 1.54) is 49.7 Å². The maximum Gasteiger partial charge on any atom is 0.240 e. The fraction of sp³-hybridized carbons (Fsp3) is 0.148. The number of aromatic nitrogens is 1. The van der Waals surface area contributed by atoms with Crippen LogP contribution in [-0.2, 0) is 9.59 Å². The number of pyridine rings is 1. The molecule has 181 valence electrons. The van der Waals surface area contributed by atoms with Gasteiger partial charge in [-0.2, -0.15) is 0 Å². The van der Waals surface area contributed by atoms with Crippen LogP contribution in [0.3, 0.4) is 0 Å². The summed E-state index contributed by atoms with van der Waals surface area (Å²) in [5, 5.41) is 5.86. The molecule has 0 bridgehead atoms. The highest BCUT2D eigenvalue weighted by molar-refractivity contribution is 6.16. The fourth-order valence-electron chi connectivity index (χ4n) is 3.75. The van der Waals surface area contributed by atoms with Gasteiger partial charge in [-0.3, -0.25) is 14.6 Å². The summed E-state index contributed by atoms with van der Waals surface area (Å²) in [6.45, 7) is 0. The molecule has 1 aromatic heterocycles. The van der Waals surface area contributed by atoms with Crippen molar-refractivity contribution in [2.45, 2.75) is 12.8 Å². The third kappa shape index (κ3) is 4.55. The predicted octanol–water partition coefficient (Wildman–Crippen LogP) is 5.47. The van der Waals surface area contributed by atoms with Gasteiger partial charge in [0.1, 0.15) is 22.7 Å². The molecule has 1 heterocycles. The Kier molecular flexibility index (Phi) is 5.97. The molecule has 1 aliphatic carbocycles. The molecule has 3 aromatic carbocycles. The number of hydrogen-bond donors (Lipinski definition) is 2. The Morgan fingerprint density at radius 2 is 1.64 bits per heavy atom. The maximum absolute atomic E-state index is 14.9. The number of methoxy groups -OCH3 is 1. The zero-order chi connectivity index (χ0) is 25.3. The molecular weight excluding hydrogens is 468 g/mol. The maximum atomic E-state index is 14.9. The molecule has 0 atom stereocenters. The van der Waals surface area contributed by atoms with Crippen molar-refractivity contribution in [1.82, 2.24) is 4.98 Å². The van der Waals surface area contributed by atoms with Gasteiger partial charge in [0, 0.05) is 35.1 Å².